The van der Waals surface area contributed by atoms with E-state index >= 15 is 0 Å². The maximum atomic E-state index is 4.02. The number of aryl methyl sites for hydroxylation is 1. The van der Waals surface area contributed by atoms with E-state index in [1.165, 1.54) is 5.56 Å². The van der Waals surface area contributed by atoms with Crippen molar-refractivity contribution in [3.05, 3.63) is 48.6 Å². The highest BCUT2D eigenvalue weighted by molar-refractivity contribution is 6.90. The van der Waals surface area contributed by atoms with Crippen molar-refractivity contribution in [2.24, 2.45) is 5.92 Å². The molecule has 0 spiro atoms. The van der Waals surface area contributed by atoms with Gasteiger partial charge in [0.15, 0.2) is 0 Å². The Labute approximate surface area is 145 Å². The van der Waals surface area contributed by atoms with Gasteiger partial charge in [0.1, 0.15) is 8.07 Å². The van der Waals surface area contributed by atoms with Gasteiger partial charge in [-0.2, -0.15) is 0 Å². The molecule has 0 heterocycles. The molecule has 0 aliphatic carbocycles. The first-order chi connectivity index (χ1) is 10.8. The minimum atomic E-state index is -1.62. The topological polar surface area (TPSA) is 0 Å². The average molecular weight is 327 g/mol. The van der Waals surface area contributed by atoms with Gasteiger partial charge < -0.3 is 0 Å². The summed E-state index contributed by atoms with van der Waals surface area (Å²) >= 11 is 0. The molecule has 0 aromatic heterocycles. The zero-order valence-electron chi connectivity index (χ0n) is 15.9. The predicted octanol–water partition coefficient (Wildman–Crippen LogP) is 6.64. The summed E-state index contributed by atoms with van der Waals surface area (Å²) < 4.78 is 0. The van der Waals surface area contributed by atoms with Crippen LogP contribution in [0.4, 0.5) is 0 Å². The van der Waals surface area contributed by atoms with Crippen LogP contribution in [0.25, 0.3) is 0 Å². The minimum absolute atomic E-state index is 0.304. The number of benzene rings is 1. The van der Waals surface area contributed by atoms with E-state index in [4.69, 9.17) is 0 Å². The van der Waals surface area contributed by atoms with Gasteiger partial charge >= 0.3 is 0 Å². The Bertz CT molecular complexity index is 506. The predicted molar refractivity (Wildman–Crippen MR) is 107 cm³/mol. The molecule has 1 aromatic carbocycles. The average Bonchev–Trinajstić information content (AvgIpc) is 2.50. The Hall–Kier alpha value is -1.26. The van der Waals surface area contributed by atoms with Gasteiger partial charge in [-0.3, -0.25) is 0 Å². The first kappa shape index (κ1) is 19.8. The van der Waals surface area contributed by atoms with Crippen LogP contribution in [-0.2, 0) is 6.42 Å². The molecule has 1 heteroatoms. The molecule has 1 rings (SSSR count). The molecule has 0 aliphatic heterocycles. The molecule has 0 unspecified atom stereocenters. The third-order valence-corrected chi connectivity index (χ3v) is 11.5. The van der Waals surface area contributed by atoms with E-state index in [1.807, 2.05) is 6.08 Å². The fourth-order valence-electron chi connectivity index (χ4n) is 3.87. The van der Waals surface area contributed by atoms with E-state index in [1.54, 1.807) is 0 Å². The molecule has 23 heavy (non-hydrogen) atoms. The molecule has 0 amide bonds. The third-order valence-electron chi connectivity index (χ3n) is 5.21. The van der Waals surface area contributed by atoms with Crippen LogP contribution < -0.4 is 0 Å². The van der Waals surface area contributed by atoms with Crippen molar-refractivity contribution in [2.45, 2.75) is 71.0 Å². The van der Waals surface area contributed by atoms with Gasteiger partial charge in [0, 0.05) is 5.92 Å². The number of hydrogen-bond acceptors (Lipinski definition) is 0. The molecule has 0 nitrogen and oxygen atoms in total. The van der Waals surface area contributed by atoms with Gasteiger partial charge in [0.25, 0.3) is 0 Å². The lowest BCUT2D eigenvalue weighted by molar-refractivity contribution is 0.729. The Morgan fingerprint density at radius 3 is 1.91 bits per heavy atom. The molecule has 0 N–H and O–H groups in total. The lowest BCUT2D eigenvalue weighted by Gasteiger charge is -2.38. The summed E-state index contributed by atoms with van der Waals surface area (Å²) in [5, 5.41) is 0. The van der Waals surface area contributed by atoms with Crippen LogP contribution in [0.1, 0.15) is 53.5 Å². The number of hydrogen-bond donors (Lipinski definition) is 0. The maximum Gasteiger partial charge on any atom is 0.145 e. The summed E-state index contributed by atoms with van der Waals surface area (Å²) in [6.45, 7) is 18.2. The van der Waals surface area contributed by atoms with E-state index in [-0.39, 0.29) is 0 Å². The van der Waals surface area contributed by atoms with Crippen LogP contribution in [-0.4, -0.2) is 8.07 Å². The molecule has 0 aliphatic rings. The van der Waals surface area contributed by atoms with Gasteiger partial charge in [0.2, 0.25) is 0 Å². The Balaban J connectivity index is 2.91. The SMILES string of the molecule is C=C[C@@H](C#C[Si](C(C)C)(C(C)C)C(C)C)CCc1ccccc1. The molecule has 0 saturated carbocycles. The van der Waals surface area contributed by atoms with Crippen molar-refractivity contribution in [3.63, 3.8) is 0 Å². The lowest BCUT2D eigenvalue weighted by Crippen LogP contribution is -2.43. The van der Waals surface area contributed by atoms with E-state index in [0.717, 1.165) is 12.8 Å². The molecule has 0 fully saturated rings. The van der Waals surface area contributed by atoms with Crippen LogP contribution in [0.15, 0.2) is 43.0 Å². The molecule has 0 bridgehead atoms. The van der Waals surface area contributed by atoms with Crippen LogP contribution in [0.2, 0.25) is 16.6 Å². The summed E-state index contributed by atoms with van der Waals surface area (Å²) in [6, 6.07) is 10.7. The van der Waals surface area contributed by atoms with Crippen molar-refractivity contribution < 1.29 is 0 Å². The Kier molecular flexibility index (Phi) is 7.86. The zero-order chi connectivity index (χ0) is 17.5. The molecule has 1 atom stereocenters. The summed E-state index contributed by atoms with van der Waals surface area (Å²) in [5.74, 6) is 3.92. The van der Waals surface area contributed by atoms with Crippen molar-refractivity contribution in [2.75, 3.05) is 0 Å². The van der Waals surface area contributed by atoms with Gasteiger partial charge in [-0.05, 0) is 35.0 Å². The van der Waals surface area contributed by atoms with Gasteiger partial charge in [-0.25, -0.2) is 0 Å². The normalized spacial score (nSPS) is 13.1. The van der Waals surface area contributed by atoms with Crippen molar-refractivity contribution in [3.8, 4) is 11.5 Å². The minimum Gasteiger partial charge on any atom is -0.130 e. The summed E-state index contributed by atoms with van der Waals surface area (Å²) in [5.41, 5.74) is 7.29. The van der Waals surface area contributed by atoms with Crippen LogP contribution in [0.3, 0.4) is 0 Å². The fourth-order valence-corrected chi connectivity index (χ4v) is 9.17. The first-order valence-electron chi connectivity index (χ1n) is 9.03. The highest BCUT2D eigenvalue weighted by Crippen LogP contribution is 2.40. The molecular formula is C22H34Si. The Morgan fingerprint density at radius 2 is 1.48 bits per heavy atom. The Morgan fingerprint density at radius 1 is 0.957 bits per heavy atom. The molecule has 0 radical (unpaired) electrons. The second-order valence-corrected chi connectivity index (χ2v) is 13.1. The molecule has 1 aromatic rings. The third kappa shape index (κ3) is 5.11. The van der Waals surface area contributed by atoms with E-state index in [2.05, 4.69) is 89.9 Å². The first-order valence-corrected chi connectivity index (χ1v) is 11.3. The number of allylic oxidation sites excluding steroid dienone is 1. The van der Waals surface area contributed by atoms with E-state index in [0.29, 0.717) is 22.5 Å². The lowest BCUT2D eigenvalue weighted by atomic mass is 10.0. The number of rotatable bonds is 7. The van der Waals surface area contributed by atoms with Crippen molar-refractivity contribution in [1.82, 2.24) is 0 Å². The largest absolute Gasteiger partial charge is 0.145 e. The quantitative estimate of drug-likeness (QED) is 0.299. The van der Waals surface area contributed by atoms with Crippen LogP contribution in [0.5, 0.6) is 0 Å². The van der Waals surface area contributed by atoms with Gasteiger partial charge in [0.05, 0.1) is 0 Å². The highest BCUT2D eigenvalue weighted by atomic mass is 28.3. The standard InChI is InChI=1S/C22H34Si/c1-8-21(14-15-22-12-10-9-11-13-22)16-17-23(18(2)3,19(4)5)20(6)7/h8-13,18-21H,1,14-15H2,2-7H3/t21-/m1/s1. The second kappa shape index (κ2) is 9.14. The van der Waals surface area contributed by atoms with Crippen LogP contribution in [0, 0.1) is 17.4 Å². The monoisotopic (exact) mass is 326 g/mol. The van der Waals surface area contributed by atoms with Gasteiger partial charge in [-0.15, -0.1) is 18.0 Å². The van der Waals surface area contributed by atoms with Crippen molar-refractivity contribution in [1.29, 1.82) is 0 Å². The molecule has 0 saturated heterocycles. The fraction of sp³-hybridized carbons (Fsp3) is 0.545. The molecular weight excluding hydrogens is 292 g/mol. The highest BCUT2D eigenvalue weighted by Gasteiger charge is 2.41. The zero-order valence-corrected chi connectivity index (χ0v) is 16.9. The van der Waals surface area contributed by atoms with E-state index in [9.17, 15) is 0 Å². The molecule has 126 valence electrons. The maximum absolute atomic E-state index is 4.02. The van der Waals surface area contributed by atoms with Gasteiger partial charge in [-0.1, -0.05) is 78.0 Å². The van der Waals surface area contributed by atoms with Crippen molar-refractivity contribution >= 4 is 8.07 Å². The summed E-state index contributed by atoms with van der Waals surface area (Å²) in [4.78, 5) is 0. The summed E-state index contributed by atoms with van der Waals surface area (Å²) in [7, 11) is -1.62. The smallest absolute Gasteiger partial charge is 0.130 e. The van der Waals surface area contributed by atoms with E-state index < -0.39 is 8.07 Å². The summed E-state index contributed by atoms with van der Waals surface area (Å²) in [6.07, 6.45) is 4.18. The second-order valence-electron chi connectivity index (χ2n) is 7.53. The van der Waals surface area contributed by atoms with Crippen LogP contribution >= 0.6 is 0 Å².